The lowest BCUT2D eigenvalue weighted by Crippen LogP contribution is -2.35. The van der Waals surface area contributed by atoms with Gasteiger partial charge < -0.3 is 14.2 Å². The summed E-state index contributed by atoms with van der Waals surface area (Å²) in [5.41, 5.74) is 2.13. The molecule has 0 bridgehead atoms. The maximum atomic E-state index is 6.12. The van der Waals surface area contributed by atoms with E-state index >= 15 is 0 Å². The van der Waals surface area contributed by atoms with Crippen LogP contribution in [0.5, 0.6) is 5.75 Å². The van der Waals surface area contributed by atoms with Crippen LogP contribution in [-0.4, -0.2) is 20.3 Å². The highest BCUT2D eigenvalue weighted by Gasteiger charge is 2.37. The van der Waals surface area contributed by atoms with E-state index in [0.717, 1.165) is 31.4 Å². The molecule has 0 aliphatic heterocycles. The molecule has 0 unspecified atom stereocenters. The van der Waals surface area contributed by atoms with Gasteiger partial charge in [0.25, 0.3) is 0 Å². The van der Waals surface area contributed by atoms with Crippen LogP contribution in [0.15, 0.2) is 66.7 Å². The summed E-state index contributed by atoms with van der Waals surface area (Å²) in [6.45, 7) is 0.556. The third-order valence-corrected chi connectivity index (χ3v) is 6.04. The van der Waals surface area contributed by atoms with Gasteiger partial charge in [0.05, 0.1) is 11.7 Å². The average Bonchev–Trinajstić information content (AvgIpc) is 2.78. The molecule has 3 heteroatoms. The van der Waals surface area contributed by atoms with Crippen LogP contribution in [0.2, 0.25) is 0 Å². The summed E-state index contributed by atoms with van der Waals surface area (Å²) in [5.74, 6) is 0.885. The molecule has 0 aromatic heterocycles. The fraction of sp³-hybridized carbons (Fsp3) is 0.360. The first-order valence-corrected chi connectivity index (χ1v) is 10.0. The molecule has 0 amide bonds. The molecule has 0 spiro atoms. The Morgan fingerprint density at radius 1 is 0.857 bits per heavy atom. The monoisotopic (exact) mass is 376 g/mol. The summed E-state index contributed by atoms with van der Waals surface area (Å²) in [5, 5.41) is 2.49. The van der Waals surface area contributed by atoms with Crippen molar-refractivity contribution in [1.82, 2.24) is 0 Å². The van der Waals surface area contributed by atoms with Crippen LogP contribution >= 0.6 is 0 Å². The second kappa shape index (κ2) is 8.34. The van der Waals surface area contributed by atoms with Gasteiger partial charge in [-0.05, 0) is 65.8 Å². The largest absolute Gasteiger partial charge is 0.489 e. The van der Waals surface area contributed by atoms with Gasteiger partial charge in [0.2, 0.25) is 0 Å². The molecule has 0 N–H and O–H groups in total. The number of rotatable bonds is 6. The zero-order valence-corrected chi connectivity index (χ0v) is 16.7. The van der Waals surface area contributed by atoms with E-state index in [9.17, 15) is 0 Å². The van der Waals surface area contributed by atoms with Crippen molar-refractivity contribution in [2.75, 3.05) is 14.2 Å². The van der Waals surface area contributed by atoms with Gasteiger partial charge in [0.15, 0.2) is 0 Å². The number of methoxy groups -OCH3 is 2. The predicted octanol–water partition coefficient (Wildman–Crippen LogP) is 5.85. The summed E-state index contributed by atoms with van der Waals surface area (Å²) in [6, 6.07) is 23.3. The Balaban J connectivity index is 1.48. The van der Waals surface area contributed by atoms with Crippen molar-refractivity contribution in [3.63, 3.8) is 0 Å². The Morgan fingerprint density at radius 3 is 2.39 bits per heavy atom. The van der Waals surface area contributed by atoms with Crippen LogP contribution in [0.1, 0.15) is 36.8 Å². The molecule has 146 valence electrons. The number of benzene rings is 3. The first-order valence-electron chi connectivity index (χ1n) is 10.0. The van der Waals surface area contributed by atoms with Crippen molar-refractivity contribution < 1.29 is 14.2 Å². The quantitative estimate of drug-likeness (QED) is 0.540. The Kier molecular flexibility index (Phi) is 5.65. The molecular weight excluding hydrogens is 348 g/mol. The van der Waals surface area contributed by atoms with E-state index in [0.29, 0.717) is 12.7 Å². The molecule has 0 radical (unpaired) electrons. The van der Waals surface area contributed by atoms with Crippen LogP contribution in [0.25, 0.3) is 10.8 Å². The van der Waals surface area contributed by atoms with Crippen molar-refractivity contribution in [3.8, 4) is 5.75 Å². The fourth-order valence-electron chi connectivity index (χ4n) is 4.27. The van der Waals surface area contributed by atoms with Gasteiger partial charge in [-0.3, -0.25) is 0 Å². The van der Waals surface area contributed by atoms with Crippen LogP contribution in [-0.2, 0) is 21.7 Å². The van der Waals surface area contributed by atoms with E-state index < -0.39 is 0 Å². The third-order valence-electron chi connectivity index (χ3n) is 6.04. The first kappa shape index (κ1) is 19.0. The lowest BCUT2D eigenvalue weighted by molar-refractivity contribution is -0.0762. The molecule has 1 saturated carbocycles. The molecule has 1 aliphatic carbocycles. The lowest BCUT2D eigenvalue weighted by atomic mass is 9.78. The minimum Gasteiger partial charge on any atom is -0.489 e. The van der Waals surface area contributed by atoms with E-state index in [1.54, 1.807) is 7.11 Å². The molecule has 3 nitrogen and oxygen atoms in total. The maximum absolute atomic E-state index is 6.12. The minimum atomic E-state index is -0.239. The van der Waals surface area contributed by atoms with Crippen molar-refractivity contribution in [1.29, 1.82) is 0 Å². The normalized spacial score (nSPS) is 22.3. The Bertz CT molecular complexity index is 926. The molecule has 28 heavy (non-hydrogen) atoms. The number of hydrogen-bond acceptors (Lipinski definition) is 3. The Labute approximate surface area is 167 Å². The molecule has 4 rings (SSSR count). The number of hydrogen-bond donors (Lipinski definition) is 0. The van der Waals surface area contributed by atoms with E-state index in [2.05, 4.69) is 60.7 Å². The van der Waals surface area contributed by atoms with E-state index in [4.69, 9.17) is 14.2 Å². The molecule has 1 aliphatic rings. The van der Waals surface area contributed by atoms with Crippen molar-refractivity contribution in [2.45, 2.75) is 44.0 Å². The van der Waals surface area contributed by atoms with Crippen LogP contribution in [0.3, 0.4) is 0 Å². The SMILES string of the molecule is CO[C@H]1CC[C@](OC)(c2cccc(OCc3ccc4ccccc4c3)c2)CC1. The van der Waals surface area contributed by atoms with Crippen LogP contribution in [0, 0.1) is 0 Å². The second-order valence-electron chi connectivity index (χ2n) is 7.63. The van der Waals surface area contributed by atoms with Gasteiger partial charge in [-0.1, -0.05) is 48.5 Å². The van der Waals surface area contributed by atoms with Crippen LogP contribution in [0.4, 0.5) is 0 Å². The first-order chi connectivity index (χ1) is 13.7. The molecule has 1 fully saturated rings. The van der Waals surface area contributed by atoms with E-state index in [-0.39, 0.29) is 5.60 Å². The molecule has 0 atom stereocenters. The Hall–Kier alpha value is -2.36. The predicted molar refractivity (Wildman–Crippen MR) is 113 cm³/mol. The van der Waals surface area contributed by atoms with Gasteiger partial charge in [-0.2, -0.15) is 0 Å². The zero-order chi connectivity index (χ0) is 19.4. The van der Waals surface area contributed by atoms with Gasteiger partial charge in [0, 0.05) is 14.2 Å². The fourth-order valence-corrected chi connectivity index (χ4v) is 4.27. The van der Waals surface area contributed by atoms with Gasteiger partial charge in [-0.15, -0.1) is 0 Å². The summed E-state index contributed by atoms with van der Waals surface area (Å²) < 4.78 is 17.7. The summed E-state index contributed by atoms with van der Waals surface area (Å²) in [6.07, 6.45) is 4.32. The number of fused-ring (bicyclic) bond motifs is 1. The average molecular weight is 376 g/mol. The second-order valence-corrected chi connectivity index (χ2v) is 7.63. The van der Waals surface area contributed by atoms with Crippen LogP contribution < -0.4 is 4.74 Å². The van der Waals surface area contributed by atoms with Gasteiger partial charge in [0.1, 0.15) is 12.4 Å². The number of ether oxygens (including phenoxy) is 3. The summed E-state index contributed by atoms with van der Waals surface area (Å²) >= 11 is 0. The van der Waals surface area contributed by atoms with Crippen molar-refractivity contribution >= 4 is 10.8 Å². The highest BCUT2D eigenvalue weighted by molar-refractivity contribution is 5.82. The van der Waals surface area contributed by atoms with Gasteiger partial charge in [-0.25, -0.2) is 0 Å². The topological polar surface area (TPSA) is 27.7 Å². The minimum absolute atomic E-state index is 0.239. The summed E-state index contributed by atoms with van der Waals surface area (Å²) in [7, 11) is 3.61. The van der Waals surface area contributed by atoms with E-state index in [1.165, 1.54) is 21.9 Å². The van der Waals surface area contributed by atoms with Crippen molar-refractivity contribution in [3.05, 3.63) is 77.9 Å². The third kappa shape index (κ3) is 3.91. The molecule has 0 saturated heterocycles. The lowest BCUT2D eigenvalue weighted by Gasteiger charge is -2.39. The standard InChI is InChI=1S/C25H28O3/c1-26-23-12-14-25(27-2,15-13-23)22-8-5-9-24(17-22)28-18-19-10-11-20-6-3-4-7-21(20)16-19/h3-11,16-17,23H,12-15,18H2,1-2H3/t23-,25+. The van der Waals surface area contributed by atoms with Crippen molar-refractivity contribution in [2.24, 2.45) is 0 Å². The molecule has 3 aromatic carbocycles. The Morgan fingerprint density at radius 2 is 1.64 bits per heavy atom. The smallest absolute Gasteiger partial charge is 0.120 e. The van der Waals surface area contributed by atoms with E-state index in [1.807, 2.05) is 13.2 Å². The molecule has 3 aromatic rings. The maximum Gasteiger partial charge on any atom is 0.120 e. The zero-order valence-electron chi connectivity index (χ0n) is 16.7. The highest BCUT2D eigenvalue weighted by Crippen LogP contribution is 2.41. The summed E-state index contributed by atoms with van der Waals surface area (Å²) in [4.78, 5) is 0. The van der Waals surface area contributed by atoms with Gasteiger partial charge >= 0.3 is 0 Å². The highest BCUT2D eigenvalue weighted by atomic mass is 16.5. The molecular formula is C25H28O3. The molecule has 0 heterocycles.